The fraction of sp³-hybridized carbons (Fsp3) is 0.320. The lowest BCUT2D eigenvalue weighted by molar-refractivity contribution is -0.165. The van der Waals surface area contributed by atoms with Crippen molar-refractivity contribution in [2.24, 2.45) is 0 Å². The zero-order valence-electron chi connectivity index (χ0n) is 20.6. The Hall–Kier alpha value is -4.33. The van der Waals surface area contributed by atoms with E-state index in [-0.39, 0.29) is 42.4 Å². The molecule has 1 unspecified atom stereocenters. The molecule has 1 fully saturated rings. The van der Waals surface area contributed by atoms with Crippen LogP contribution in [-0.4, -0.2) is 51.2 Å². The van der Waals surface area contributed by atoms with Gasteiger partial charge in [-0.3, -0.25) is 4.79 Å². The highest BCUT2D eigenvalue weighted by Crippen LogP contribution is 2.59. The molecule has 3 aromatic rings. The van der Waals surface area contributed by atoms with Crippen LogP contribution in [0.25, 0.3) is 11.1 Å². The number of anilines is 2. The fourth-order valence-electron chi connectivity index (χ4n) is 3.71. The van der Waals surface area contributed by atoms with E-state index in [1.807, 2.05) is 0 Å². The van der Waals surface area contributed by atoms with Crippen LogP contribution in [0.3, 0.4) is 0 Å². The number of nitrogens with one attached hydrogen (secondary N) is 4. The summed E-state index contributed by atoms with van der Waals surface area (Å²) >= 11 is 0. The predicted molar refractivity (Wildman–Crippen MR) is 133 cm³/mol. The molecule has 2 aromatic heterocycles. The van der Waals surface area contributed by atoms with Crippen molar-refractivity contribution in [2.75, 3.05) is 17.2 Å². The number of nitrogens with zero attached hydrogens (tertiary/aromatic N) is 3. The first-order valence-electron chi connectivity index (χ1n) is 11.8. The minimum atomic E-state index is -4.47. The standard InChI is InChI=1S/C25H25F4N7O3/c1-14(37)10-31-13-18(9-30)34-23-32-11-17(12-33-23)15-2-3-16(19(26)6-15)7-22(38)35-21-8-20(39-36-21)24(4-5-24)25(27,28)29/h2-3,6,8-9,11-14,30-31,37H,4-5,7,10H2,1H3,(H,32,33,34)(H,35,36,38)/b18-13+,30-9?. The highest BCUT2D eigenvalue weighted by atomic mass is 19.4. The summed E-state index contributed by atoms with van der Waals surface area (Å²) in [6.07, 6.45) is -0.172. The second-order valence-electron chi connectivity index (χ2n) is 9.11. The van der Waals surface area contributed by atoms with E-state index in [0.29, 0.717) is 23.4 Å². The fourth-order valence-corrected chi connectivity index (χ4v) is 3.71. The van der Waals surface area contributed by atoms with Gasteiger partial charge in [-0.2, -0.15) is 13.2 Å². The molecule has 1 amide bonds. The molecule has 5 N–H and O–H groups in total. The Labute approximate surface area is 220 Å². The van der Waals surface area contributed by atoms with Gasteiger partial charge in [0.25, 0.3) is 0 Å². The SMILES string of the molecule is CC(O)CN/C=C(\C=N)Nc1ncc(-c2ccc(CC(=O)Nc3cc(C4(C(F)(F)F)CC4)on3)c(F)c2)cn1. The molecular weight excluding hydrogens is 522 g/mol. The maximum absolute atomic E-state index is 14.8. The quantitative estimate of drug-likeness (QED) is 0.179. The number of carbonyl (C=O) groups excluding carboxylic acids is 1. The Bertz CT molecular complexity index is 1370. The van der Waals surface area contributed by atoms with Gasteiger partial charge in [0, 0.05) is 43.0 Å². The first-order chi connectivity index (χ1) is 18.5. The van der Waals surface area contributed by atoms with Crippen molar-refractivity contribution >= 4 is 23.9 Å². The number of rotatable bonds is 11. The van der Waals surface area contributed by atoms with Crippen LogP contribution in [0.2, 0.25) is 0 Å². The van der Waals surface area contributed by atoms with E-state index < -0.39 is 29.4 Å². The molecule has 1 aliphatic rings. The van der Waals surface area contributed by atoms with E-state index in [1.54, 1.807) is 13.0 Å². The zero-order valence-corrected chi connectivity index (χ0v) is 20.6. The smallest absolute Gasteiger partial charge is 0.392 e. The number of aliphatic hydroxyl groups excluding tert-OH is 1. The maximum Gasteiger partial charge on any atom is 0.401 e. The molecule has 39 heavy (non-hydrogen) atoms. The highest BCUT2D eigenvalue weighted by molar-refractivity contribution is 5.91. The lowest BCUT2D eigenvalue weighted by atomic mass is 10.0. The van der Waals surface area contributed by atoms with E-state index in [0.717, 1.165) is 12.3 Å². The van der Waals surface area contributed by atoms with Crippen LogP contribution >= 0.6 is 0 Å². The highest BCUT2D eigenvalue weighted by Gasteiger charge is 2.66. The lowest BCUT2D eigenvalue weighted by Gasteiger charge is -2.14. The molecule has 0 spiro atoms. The number of allylic oxidation sites excluding steroid dienone is 1. The molecule has 0 bridgehead atoms. The van der Waals surface area contributed by atoms with Crippen LogP contribution in [0.15, 0.2) is 53.1 Å². The monoisotopic (exact) mass is 547 g/mol. The molecule has 10 nitrogen and oxygen atoms in total. The number of hydrogen-bond acceptors (Lipinski definition) is 9. The Morgan fingerprint density at radius 3 is 2.51 bits per heavy atom. The Balaban J connectivity index is 1.36. The molecule has 1 saturated carbocycles. The summed E-state index contributed by atoms with van der Waals surface area (Å²) in [4.78, 5) is 20.7. The van der Waals surface area contributed by atoms with Gasteiger partial charge >= 0.3 is 6.18 Å². The van der Waals surface area contributed by atoms with E-state index >= 15 is 0 Å². The first kappa shape index (κ1) is 27.7. The molecule has 1 aromatic carbocycles. The van der Waals surface area contributed by atoms with Crippen molar-refractivity contribution in [3.05, 3.63) is 65.7 Å². The summed E-state index contributed by atoms with van der Waals surface area (Å²) in [5.74, 6) is -1.68. The molecule has 0 saturated heterocycles. The van der Waals surface area contributed by atoms with Gasteiger partial charge in [-0.25, -0.2) is 14.4 Å². The van der Waals surface area contributed by atoms with E-state index in [1.165, 1.54) is 30.7 Å². The van der Waals surface area contributed by atoms with Crippen LogP contribution in [0, 0.1) is 11.2 Å². The number of alkyl halides is 3. The normalized spacial score (nSPS) is 15.4. The predicted octanol–water partition coefficient (Wildman–Crippen LogP) is 3.92. The molecule has 4 rings (SSSR count). The number of aromatic nitrogens is 3. The van der Waals surface area contributed by atoms with Crippen molar-refractivity contribution < 1.29 is 32.0 Å². The number of hydrogen-bond donors (Lipinski definition) is 5. The minimum Gasteiger partial charge on any atom is -0.392 e. The van der Waals surface area contributed by atoms with Crippen LogP contribution in [-0.2, 0) is 16.6 Å². The number of halogens is 4. The number of amides is 1. The average Bonchev–Trinajstić information content (AvgIpc) is 3.58. The molecule has 0 aliphatic heterocycles. The van der Waals surface area contributed by atoms with Crippen LogP contribution in [0.4, 0.5) is 29.3 Å². The van der Waals surface area contributed by atoms with Gasteiger partial charge in [0.1, 0.15) is 11.2 Å². The van der Waals surface area contributed by atoms with Crippen molar-refractivity contribution in [1.82, 2.24) is 20.4 Å². The Kier molecular flexibility index (Phi) is 7.95. The van der Waals surface area contributed by atoms with Gasteiger partial charge in [-0.15, -0.1) is 0 Å². The largest absolute Gasteiger partial charge is 0.401 e. The van der Waals surface area contributed by atoms with Gasteiger partial charge < -0.3 is 31.0 Å². The molecular formula is C25H25F4N7O3. The molecule has 1 atom stereocenters. The molecule has 0 radical (unpaired) electrons. The molecule has 206 valence electrons. The Morgan fingerprint density at radius 1 is 1.21 bits per heavy atom. The lowest BCUT2D eigenvalue weighted by Crippen LogP contribution is -2.28. The average molecular weight is 548 g/mol. The van der Waals surface area contributed by atoms with E-state index in [2.05, 4.69) is 31.1 Å². The second-order valence-corrected chi connectivity index (χ2v) is 9.11. The third-order valence-corrected chi connectivity index (χ3v) is 6.01. The van der Waals surface area contributed by atoms with Crippen molar-refractivity contribution in [1.29, 1.82) is 5.41 Å². The number of aliphatic hydroxyl groups is 1. The summed E-state index contributed by atoms with van der Waals surface area (Å²) in [5.41, 5.74) is -0.687. The van der Waals surface area contributed by atoms with Crippen molar-refractivity contribution in [2.45, 2.75) is 43.9 Å². The summed E-state index contributed by atoms with van der Waals surface area (Å²) < 4.78 is 59.3. The van der Waals surface area contributed by atoms with Gasteiger partial charge in [-0.05, 0) is 37.0 Å². The Morgan fingerprint density at radius 2 is 1.92 bits per heavy atom. The zero-order chi connectivity index (χ0) is 28.2. The topological polar surface area (TPSA) is 149 Å². The van der Waals surface area contributed by atoms with Crippen molar-refractivity contribution in [3.63, 3.8) is 0 Å². The van der Waals surface area contributed by atoms with Crippen LogP contribution in [0.1, 0.15) is 31.1 Å². The summed E-state index contributed by atoms with van der Waals surface area (Å²) in [6, 6.07) is 5.25. The van der Waals surface area contributed by atoms with Crippen LogP contribution in [0.5, 0.6) is 0 Å². The van der Waals surface area contributed by atoms with Gasteiger partial charge in [0.15, 0.2) is 11.6 Å². The van der Waals surface area contributed by atoms with Gasteiger partial charge in [-0.1, -0.05) is 17.3 Å². The number of benzene rings is 1. The summed E-state index contributed by atoms with van der Waals surface area (Å²) in [7, 11) is 0. The van der Waals surface area contributed by atoms with Gasteiger partial charge in [0.05, 0.1) is 18.2 Å². The van der Waals surface area contributed by atoms with E-state index in [9.17, 15) is 27.5 Å². The third kappa shape index (κ3) is 6.57. The molecule has 1 aliphatic carbocycles. The maximum atomic E-state index is 14.8. The summed E-state index contributed by atoms with van der Waals surface area (Å²) in [5, 5.41) is 28.2. The van der Waals surface area contributed by atoms with E-state index in [4.69, 9.17) is 9.93 Å². The number of carbonyl (C=O) groups is 1. The van der Waals surface area contributed by atoms with Crippen LogP contribution < -0.4 is 16.0 Å². The molecule has 14 heteroatoms. The molecule has 2 heterocycles. The summed E-state index contributed by atoms with van der Waals surface area (Å²) in [6.45, 7) is 1.91. The minimum absolute atomic E-state index is 0.0681. The first-order valence-corrected chi connectivity index (χ1v) is 11.8. The second kappa shape index (κ2) is 11.2. The third-order valence-electron chi connectivity index (χ3n) is 6.01. The van der Waals surface area contributed by atoms with Crippen molar-refractivity contribution in [3.8, 4) is 11.1 Å². The van der Waals surface area contributed by atoms with Gasteiger partial charge in [0.2, 0.25) is 11.9 Å².